The number of benzene rings is 1. The minimum atomic E-state index is 0.317. The Kier molecular flexibility index (Phi) is 4.18. The maximum atomic E-state index is 6.32. The second kappa shape index (κ2) is 5.93. The van der Waals surface area contributed by atoms with Crippen LogP contribution in [0.2, 0.25) is 15.3 Å². The molecule has 0 atom stereocenters. The first-order chi connectivity index (χ1) is 10.1. The minimum Gasteiger partial charge on any atom is -0.216 e. The van der Waals surface area contributed by atoms with Gasteiger partial charge in [-0.3, -0.25) is 0 Å². The lowest BCUT2D eigenvalue weighted by atomic mass is 10.1. The molecule has 2 heterocycles. The summed E-state index contributed by atoms with van der Waals surface area (Å²) in [5, 5.41) is 5.26. The van der Waals surface area contributed by atoms with Gasteiger partial charge in [0.05, 0.1) is 5.56 Å². The topological polar surface area (TPSA) is 25.8 Å². The molecular weight excluding hydrogens is 347 g/mol. The average molecular weight is 356 g/mol. The van der Waals surface area contributed by atoms with Crippen molar-refractivity contribution >= 4 is 46.1 Å². The molecule has 6 heteroatoms. The fourth-order valence-corrected chi connectivity index (χ4v) is 3.62. The van der Waals surface area contributed by atoms with Crippen LogP contribution in [-0.2, 0) is 0 Å². The molecule has 0 fully saturated rings. The van der Waals surface area contributed by atoms with Crippen LogP contribution in [-0.4, -0.2) is 9.97 Å². The van der Waals surface area contributed by atoms with Crippen molar-refractivity contribution < 1.29 is 0 Å². The van der Waals surface area contributed by atoms with E-state index in [-0.39, 0.29) is 0 Å². The second-order valence-corrected chi connectivity index (χ2v) is 6.38. The summed E-state index contributed by atoms with van der Waals surface area (Å²) in [5.41, 5.74) is 3.44. The molecule has 0 unspecified atom stereocenters. The van der Waals surface area contributed by atoms with Gasteiger partial charge in [0.2, 0.25) is 0 Å². The van der Waals surface area contributed by atoms with Gasteiger partial charge in [-0.25, -0.2) is 9.97 Å². The van der Waals surface area contributed by atoms with Crippen LogP contribution in [0.1, 0.15) is 5.56 Å². The molecule has 0 aliphatic carbocycles. The standard InChI is InChI=1S/C15H9Cl3N2S/c1-8-6-21-7-11(8)15-19-13(17)12(14(18)20-15)9-3-2-4-10(16)5-9/h2-7H,1H3. The summed E-state index contributed by atoms with van der Waals surface area (Å²) < 4.78 is 0. The quantitative estimate of drug-likeness (QED) is 0.516. The second-order valence-electron chi connectivity index (χ2n) is 4.48. The summed E-state index contributed by atoms with van der Waals surface area (Å²) >= 11 is 20.2. The molecule has 106 valence electrons. The van der Waals surface area contributed by atoms with E-state index in [1.807, 2.05) is 29.8 Å². The van der Waals surface area contributed by atoms with Crippen LogP contribution in [0, 0.1) is 6.92 Å². The van der Waals surface area contributed by atoms with Gasteiger partial charge in [-0.05, 0) is 35.6 Å². The van der Waals surface area contributed by atoms with E-state index in [9.17, 15) is 0 Å². The fraction of sp³-hybridized carbons (Fsp3) is 0.0667. The van der Waals surface area contributed by atoms with Gasteiger partial charge in [-0.15, -0.1) is 0 Å². The number of hydrogen-bond donors (Lipinski definition) is 0. The van der Waals surface area contributed by atoms with Gasteiger partial charge in [0.25, 0.3) is 0 Å². The lowest BCUT2D eigenvalue weighted by Gasteiger charge is -2.09. The smallest absolute Gasteiger partial charge is 0.163 e. The summed E-state index contributed by atoms with van der Waals surface area (Å²) in [5.74, 6) is 0.537. The number of aromatic nitrogens is 2. The van der Waals surface area contributed by atoms with E-state index < -0.39 is 0 Å². The number of thiophene rings is 1. The number of halogens is 3. The molecule has 21 heavy (non-hydrogen) atoms. The van der Waals surface area contributed by atoms with Crippen LogP contribution in [0.4, 0.5) is 0 Å². The number of hydrogen-bond acceptors (Lipinski definition) is 3. The highest BCUT2D eigenvalue weighted by Gasteiger charge is 2.16. The monoisotopic (exact) mass is 354 g/mol. The van der Waals surface area contributed by atoms with E-state index in [1.165, 1.54) is 0 Å². The highest BCUT2D eigenvalue weighted by atomic mass is 35.5. The first kappa shape index (κ1) is 14.8. The lowest BCUT2D eigenvalue weighted by molar-refractivity contribution is 1.17. The predicted molar refractivity (Wildman–Crippen MR) is 90.5 cm³/mol. The molecule has 0 aliphatic rings. The van der Waals surface area contributed by atoms with Gasteiger partial charge in [-0.2, -0.15) is 11.3 Å². The molecular formula is C15H9Cl3N2S. The van der Waals surface area contributed by atoms with Crippen LogP contribution in [0.25, 0.3) is 22.5 Å². The Morgan fingerprint density at radius 3 is 2.29 bits per heavy atom. The van der Waals surface area contributed by atoms with Gasteiger partial charge in [0.1, 0.15) is 10.3 Å². The SMILES string of the molecule is Cc1cscc1-c1nc(Cl)c(-c2cccc(Cl)c2)c(Cl)n1. The highest BCUT2D eigenvalue weighted by Crippen LogP contribution is 2.36. The molecule has 1 aromatic carbocycles. The van der Waals surface area contributed by atoms with E-state index in [2.05, 4.69) is 9.97 Å². The van der Waals surface area contributed by atoms with Crippen molar-refractivity contribution in [2.45, 2.75) is 6.92 Å². The number of aryl methyl sites for hydroxylation is 1. The van der Waals surface area contributed by atoms with Crippen molar-refractivity contribution in [3.05, 3.63) is 55.9 Å². The van der Waals surface area contributed by atoms with E-state index in [4.69, 9.17) is 34.8 Å². The molecule has 2 aromatic heterocycles. The van der Waals surface area contributed by atoms with Crippen LogP contribution in [0.5, 0.6) is 0 Å². The van der Waals surface area contributed by atoms with Gasteiger partial charge in [-0.1, -0.05) is 46.9 Å². The Morgan fingerprint density at radius 2 is 1.71 bits per heavy atom. The van der Waals surface area contributed by atoms with E-state index in [1.54, 1.807) is 23.5 Å². The Hall–Kier alpha value is -1.13. The molecule has 3 rings (SSSR count). The number of rotatable bonds is 2. The van der Waals surface area contributed by atoms with Crippen molar-refractivity contribution in [1.82, 2.24) is 9.97 Å². The van der Waals surface area contributed by atoms with E-state index >= 15 is 0 Å². The summed E-state index contributed by atoms with van der Waals surface area (Å²) in [4.78, 5) is 8.75. The van der Waals surface area contributed by atoms with Crippen molar-refractivity contribution in [3.8, 4) is 22.5 Å². The molecule has 0 bridgehead atoms. The Bertz CT molecular complexity index is 791. The normalized spacial score (nSPS) is 10.9. The predicted octanol–water partition coefficient (Wildman–Crippen LogP) is 6.14. The number of nitrogens with zero attached hydrogens (tertiary/aromatic N) is 2. The molecule has 0 N–H and O–H groups in total. The molecule has 0 spiro atoms. The van der Waals surface area contributed by atoms with E-state index in [0.29, 0.717) is 26.7 Å². The molecule has 0 radical (unpaired) electrons. The Morgan fingerprint density at radius 1 is 1.00 bits per heavy atom. The zero-order valence-corrected chi connectivity index (χ0v) is 14.0. The van der Waals surface area contributed by atoms with Gasteiger partial charge < -0.3 is 0 Å². The third-order valence-electron chi connectivity index (χ3n) is 3.03. The fourth-order valence-electron chi connectivity index (χ4n) is 2.00. The van der Waals surface area contributed by atoms with Crippen molar-refractivity contribution in [1.29, 1.82) is 0 Å². The van der Waals surface area contributed by atoms with Crippen LogP contribution in [0.15, 0.2) is 35.0 Å². The van der Waals surface area contributed by atoms with Gasteiger partial charge in [0, 0.05) is 16.0 Å². The van der Waals surface area contributed by atoms with Crippen molar-refractivity contribution in [3.63, 3.8) is 0 Å². The third kappa shape index (κ3) is 2.92. The molecule has 0 aliphatic heterocycles. The minimum absolute atomic E-state index is 0.317. The summed E-state index contributed by atoms with van der Waals surface area (Å²) in [7, 11) is 0. The molecule has 0 saturated heterocycles. The average Bonchev–Trinajstić information content (AvgIpc) is 2.84. The Labute approximate surface area is 141 Å². The third-order valence-corrected chi connectivity index (χ3v) is 4.67. The van der Waals surface area contributed by atoms with E-state index in [0.717, 1.165) is 16.7 Å². The maximum Gasteiger partial charge on any atom is 0.163 e. The zero-order valence-electron chi connectivity index (χ0n) is 10.9. The zero-order chi connectivity index (χ0) is 15.0. The molecule has 0 amide bonds. The lowest BCUT2D eigenvalue weighted by Crippen LogP contribution is -1.94. The maximum absolute atomic E-state index is 6.32. The summed E-state index contributed by atoms with van der Waals surface area (Å²) in [6, 6.07) is 7.28. The van der Waals surface area contributed by atoms with Crippen LogP contribution >= 0.6 is 46.1 Å². The van der Waals surface area contributed by atoms with Gasteiger partial charge in [0.15, 0.2) is 5.82 Å². The van der Waals surface area contributed by atoms with Gasteiger partial charge >= 0.3 is 0 Å². The summed E-state index contributed by atoms with van der Waals surface area (Å²) in [6.07, 6.45) is 0. The highest BCUT2D eigenvalue weighted by molar-refractivity contribution is 7.08. The van der Waals surface area contributed by atoms with Crippen LogP contribution in [0.3, 0.4) is 0 Å². The first-order valence-electron chi connectivity index (χ1n) is 6.08. The summed E-state index contributed by atoms with van der Waals surface area (Å²) in [6.45, 7) is 2.00. The first-order valence-corrected chi connectivity index (χ1v) is 8.16. The van der Waals surface area contributed by atoms with Crippen LogP contribution < -0.4 is 0 Å². The molecule has 0 saturated carbocycles. The largest absolute Gasteiger partial charge is 0.216 e. The van der Waals surface area contributed by atoms with Crippen molar-refractivity contribution in [2.24, 2.45) is 0 Å². The molecule has 2 nitrogen and oxygen atoms in total. The molecule has 3 aromatic rings. The van der Waals surface area contributed by atoms with Crippen molar-refractivity contribution in [2.75, 3.05) is 0 Å². The Balaban J connectivity index is 2.15.